The molecule has 0 heterocycles. The summed E-state index contributed by atoms with van der Waals surface area (Å²) in [6, 6.07) is 13.7. The topological polar surface area (TPSA) is 63.4 Å². The predicted molar refractivity (Wildman–Crippen MR) is 85.2 cm³/mol. The molecule has 2 aromatic rings. The predicted octanol–water partition coefficient (Wildman–Crippen LogP) is 3.25. The van der Waals surface area contributed by atoms with Crippen molar-refractivity contribution in [1.82, 2.24) is 0 Å². The van der Waals surface area contributed by atoms with Crippen molar-refractivity contribution in [2.75, 3.05) is 16.6 Å². The van der Waals surface area contributed by atoms with Crippen LogP contribution in [-0.4, -0.2) is 15.0 Å². The smallest absolute Gasteiger partial charge is 0.265 e. The number of nitrogens with two attached hydrogens (primary N) is 1. The van der Waals surface area contributed by atoms with Crippen molar-refractivity contribution in [3.63, 3.8) is 0 Å². The van der Waals surface area contributed by atoms with Crippen molar-refractivity contribution in [2.45, 2.75) is 11.8 Å². The summed E-state index contributed by atoms with van der Waals surface area (Å²) in [5.74, 6) is 0. The van der Waals surface area contributed by atoms with Gasteiger partial charge in [0.25, 0.3) is 10.0 Å². The zero-order valence-electron chi connectivity index (χ0n) is 11.0. The van der Waals surface area contributed by atoms with Gasteiger partial charge in [0.1, 0.15) is 4.90 Å². The van der Waals surface area contributed by atoms with Crippen LogP contribution in [0.3, 0.4) is 0 Å². The number of para-hydroxylation sites is 1. The van der Waals surface area contributed by atoms with Crippen LogP contribution < -0.4 is 10.0 Å². The quantitative estimate of drug-likeness (QED) is 0.857. The first kappa shape index (κ1) is 14.9. The summed E-state index contributed by atoms with van der Waals surface area (Å²) in [5.41, 5.74) is 6.80. The van der Waals surface area contributed by atoms with E-state index in [1.54, 1.807) is 31.2 Å². The first-order valence-electron chi connectivity index (χ1n) is 6.09. The second-order valence-corrected chi connectivity index (χ2v) is 6.88. The molecule has 106 valence electrons. The van der Waals surface area contributed by atoms with E-state index in [9.17, 15) is 8.42 Å². The van der Waals surface area contributed by atoms with Crippen LogP contribution in [-0.2, 0) is 10.0 Å². The molecule has 0 saturated carbocycles. The fourth-order valence-corrected chi connectivity index (χ4v) is 4.46. The van der Waals surface area contributed by atoms with Crippen LogP contribution in [0.1, 0.15) is 6.92 Å². The summed E-state index contributed by atoms with van der Waals surface area (Å²) in [6.45, 7) is 2.15. The third kappa shape index (κ3) is 2.81. The minimum Gasteiger partial charge on any atom is -0.399 e. The lowest BCUT2D eigenvalue weighted by Crippen LogP contribution is -2.31. The molecule has 0 aromatic heterocycles. The number of rotatable bonds is 4. The molecule has 0 bridgehead atoms. The summed E-state index contributed by atoms with van der Waals surface area (Å²) in [6.07, 6.45) is 0. The fourth-order valence-electron chi connectivity index (χ4n) is 1.93. The molecule has 4 nitrogen and oxygen atoms in total. The van der Waals surface area contributed by atoms with Crippen molar-refractivity contribution in [2.24, 2.45) is 0 Å². The van der Waals surface area contributed by atoms with E-state index in [2.05, 4.69) is 15.9 Å². The average Bonchev–Trinajstić information content (AvgIpc) is 2.40. The largest absolute Gasteiger partial charge is 0.399 e. The number of hydrogen-bond donors (Lipinski definition) is 1. The molecule has 0 radical (unpaired) electrons. The minimum absolute atomic E-state index is 0.206. The molecular formula is C14H15BrN2O2S. The van der Waals surface area contributed by atoms with E-state index in [0.29, 0.717) is 22.4 Å². The first-order chi connectivity index (χ1) is 9.46. The zero-order valence-corrected chi connectivity index (χ0v) is 13.4. The Bertz CT molecular complexity index is 702. The van der Waals surface area contributed by atoms with Gasteiger partial charge in [-0.25, -0.2) is 8.42 Å². The lowest BCUT2D eigenvalue weighted by atomic mass is 10.3. The standard InChI is InChI=1S/C14H15BrN2O2S/c1-2-17(12-6-4-3-5-7-12)20(18,19)14-9-8-11(16)10-13(14)15/h3-10H,2,16H2,1H3. The van der Waals surface area contributed by atoms with Crippen LogP contribution in [0, 0.1) is 0 Å². The molecule has 0 aliphatic rings. The molecule has 0 aliphatic carbocycles. The maximum atomic E-state index is 12.8. The zero-order chi connectivity index (χ0) is 14.8. The first-order valence-corrected chi connectivity index (χ1v) is 8.33. The summed E-state index contributed by atoms with van der Waals surface area (Å²) in [7, 11) is -3.62. The van der Waals surface area contributed by atoms with Crippen molar-refractivity contribution in [3.8, 4) is 0 Å². The molecule has 0 spiro atoms. The van der Waals surface area contributed by atoms with E-state index in [-0.39, 0.29) is 4.90 Å². The van der Waals surface area contributed by atoms with E-state index < -0.39 is 10.0 Å². The van der Waals surface area contributed by atoms with Gasteiger partial charge >= 0.3 is 0 Å². The third-order valence-electron chi connectivity index (χ3n) is 2.86. The van der Waals surface area contributed by atoms with Gasteiger partial charge in [0, 0.05) is 16.7 Å². The van der Waals surface area contributed by atoms with E-state index in [1.165, 1.54) is 10.4 Å². The summed E-state index contributed by atoms with van der Waals surface area (Å²) >= 11 is 3.27. The number of benzene rings is 2. The van der Waals surface area contributed by atoms with Gasteiger partial charge in [-0.3, -0.25) is 4.31 Å². The summed E-state index contributed by atoms with van der Waals surface area (Å²) in [4.78, 5) is 0.206. The Labute approximate surface area is 127 Å². The van der Waals surface area contributed by atoms with Crippen LogP contribution in [0.25, 0.3) is 0 Å². The Hall–Kier alpha value is -1.53. The number of nitrogens with zero attached hydrogens (tertiary/aromatic N) is 1. The van der Waals surface area contributed by atoms with Crippen LogP contribution in [0.15, 0.2) is 57.9 Å². The Balaban J connectivity index is 2.53. The highest BCUT2D eigenvalue weighted by molar-refractivity contribution is 9.10. The highest BCUT2D eigenvalue weighted by atomic mass is 79.9. The normalized spacial score (nSPS) is 11.3. The molecule has 2 rings (SSSR count). The molecule has 0 saturated heterocycles. The molecule has 2 N–H and O–H groups in total. The van der Waals surface area contributed by atoms with Crippen molar-refractivity contribution in [1.29, 1.82) is 0 Å². The number of hydrogen-bond acceptors (Lipinski definition) is 3. The van der Waals surface area contributed by atoms with Crippen molar-refractivity contribution >= 4 is 37.3 Å². The van der Waals surface area contributed by atoms with E-state index in [1.807, 2.05) is 18.2 Å². The van der Waals surface area contributed by atoms with Crippen LogP contribution >= 0.6 is 15.9 Å². The monoisotopic (exact) mass is 354 g/mol. The number of anilines is 2. The molecule has 0 amide bonds. The second kappa shape index (κ2) is 5.85. The lowest BCUT2D eigenvalue weighted by molar-refractivity contribution is 0.591. The Morgan fingerprint density at radius 1 is 1.15 bits per heavy atom. The van der Waals surface area contributed by atoms with Gasteiger partial charge in [0.15, 0.2) is 0 Å². The molecule has 20 heavy (non-hydrogen) atoms. The average molecular weight is 355 g/mol. The number of halogens is 1. The molecular weight excluding hydrogens is 340 g/mol. The van der Waals surface area contributed by atoms with Gasteiger partial charge in [0.05, 0.1) is 5.69 Å². The molecule has 2 aromatic carbocycles. The lowest BCUT2D eigenvalue weighted by Gasteiger charge is -2.23. The maximum absolute atomic E-state index is 12.8. The highest BCUT2D eigenvalue weighted by Gasteiger charge is 2.25. The fraction of sp³-hybridized carbons (Fsp3) is 0.143. The molecule has 0 aliphatic heterocycles. The minimum atomic E-state index is -3.62. The number of sulfonamides is 1. The van der Waals surface area contributed by atoms with Crippen LogP contribution in [0.2, 0.25) is 0 Å². The van der Waals surface area contributed by atoms with Crippen LogP contribution in [0.5, 0.6) is 0 Å². The van der Waals surface area contributed by atoms with E-state index in [0.717, 1.165) is 0 Å². The van der Waals surface area contributed by atoms with Gasteiger partial charge in [0.2, 0.25) is 0 Å². The van der Waals surface area contributed by atoms with Gasteiger partial charge in [-0.15, -0.1) is 0 Å². The van der Waals surface area contributed by atoms with Gasteiger partial charge in [-0.1, -0.05) is 18.2 Å². The molecule has 0 fully saturated rings. The Morgan fingerprint density at radius 3 is 2.35 bits per heavy atom. The van der Waals surface area contributed by atoms with E-state index >= 15 is 0 Å². The molecule has 0 atom stereocenters. The SMILES string of the molecule is CCN(c1ccccc1)S(=O)(=O)c1ccc(N)cc1Br. The highest BCUT2D eigenvalue weighted by Crippen LogP contribution is 2.29. The third-order valence-corrected chi connectivity index (χ3v) is 5.74. The Morgan fingerprint density at radius 2 is 1.80 bits per heavy atom. The molecule has 6 heteroatoms. The van der Waals surface area contributed by atoms with Gasteiger partial charge < -0.3 is 5.73 Å². The molecule has 0 unspecified atom stereocenters. The van der Waals surface area contributed by atoms with E-state index in [4.69, 9.17) is 5.73 Å². The maximum Gasteiger partial charge on any atom is 0.265 e. The number of nitrogen functional groups attached to an aromatic ring is 1. The Kier molecular flexibility index (Phi) is 4.35. The van der Waals surface area contributed by atoms with Crippen LogP contribution in [0.4, 0.5) is 11.4 Å². The van der Waals surface area contributed by atoms with Gasteiger partial charge in [-0.05, 0) is 53.2 Å². The van der Waals surface area contributed by atoms with Gasteiger partial charge in [-0.2, -0.15) is 0 Å². The summed E-state index contributed by atoms with van der Waals surface area (Å²) < 4.78 is 27.3. The van der Waals surface area contributed by atoms with Crippen molar-refractivity contribution in [3.05, 3.63) is 53.0 Å². The van der Waals surface area contributed by atoms with Crippen molar-refractivity contribution < 1.29 is 8.42 Å². The summed E-state index contributed by atoms with van der Waals surface area (Å²) in [5, 5.41) is 0. The second-order valence-electron chi connectivity index (χ2n) is 4.20.